The molecule has 1 unspecified atom stereocenters. The molecule has 94 valence electrons. The summed E-state index contributed by atoms with van der Waals surface area (Å²) in [6.45, 7) is 4.84. The third-order valence-electron chi connectivity index (χ3n) is 2.50. The maximum absolute atomic E-state index is 11.8. The number of sulfone groups is 1. The van der Waals surface area contributed by atoms with Gasteiger partial charge in [0.05, 0.1) is 16.2 Å². The third-order valence-corrected chi connectivity index (χ3v) is 4.67. The number of ketones is 1. The van der Waals surface area contributed by atoms with Crippen LogP contribution in [0.25, 0.3) is 0 Å². The minimum absolute atomic E-state index is 0.196. The Morgan fingerprint density at radius 2 is 1.59 bits per heavy atom. The van der Waals surface area contributed by atoms with E-state index in [0.29, 0.717) is 5.56 Å². The van der Waals surface area contributed by atoms with Crippen molar-refractivity contribution in [1.29, 1.82) is 0 Å². The van der Waals surface area contributed by atoms with Crippen molar-refractivity contribution in [2.75, 3.05) is 0 Å². The first-order chi connectivity index (χ1) is 7.76. The zero-order valence-corrected chi connectivity index (χ0v) is 11.0. The molecule has 1 aromatic carbocycles. The van der Waals surface area contributed by atoms with Crippen LogP contribution in [0.5, 0.6) is 0 Å². The summed E-state index contributed by atoms with van der Waals surface area (Å²) in [6, 6.07) is 5.32. The molecule has 1 rings (SSSR count). The van der Waals surface area contributed by atoms with Gasteiger partial charge in [-0.1, -0.05) is 12.1 Å². The van der Waals surface area contributed by atoms with Gasteiger partial charge in [-0.15, -0.1) is 0 Å². The van der Waals surface area contributed by atoms with Gasteiger partial charge in [-0.3, -0.25) is 4.79 Å². The van der Waals surface area contributed by atoms with E-state index < -0.39 is 21.1 Å². The minimum Gasteiger partial charge on any atom is -0.321 e. The molecule has 0 bridgehead atoms. The molecular formula is C12H17NO3S. The second kappa shape index (κ2) is 4.98. The van der Waals surface area contributed by atoms with E-state index >= 15 is 0 Å². The van der Waals surface area contributed by atoms with Gasteiger partial charge >= 0.3 is 0 Å². The Bertz CT molecular complexity index is 501. The van der Waals surface area contributed by atoms with Crippen molar-refractivity contribution in [3.05, 3.63) is 29.8 Å². The van der Waals surface area contributed by atoms with Crippen LogP contribution in [0.1, 0.15) is 31.1 Å². The van der Waals surface area contributed by atoms with Gasteiger partial charge in [-0.25, -0.2) is 8.42 Å². The number of nitrogens with two attached hydrogens (primary N) is 1. The summed E-state index contributed by atoms with van der Waals surface area (Å²) in [6.07, 6.45) is 0. The Balaban J connectivity index is 3.09. The summed E-state index contributed by atoms with van der Waals surface area (Å²) in [5.74, 6) is -0.196. The quantitative estimate of drug-likeness (QED) is 0.825. The lowest BCUT2D eigenvalue weighted by molar-refractivity contribution is 0.0968. The van der Waals surface area contributed by atoms with Gasteiger partial charge in [0, 0.05) is 5.56 Å². The van der Waals surface area contributed by atoms with Crippen molar-refractivity contribution >= 4 is 15.6 Å². The largest absolute Gasteiger partial charge is 0.321 e. The van der Waals surface area contributed by atoms with Crippen LogP contribution < -0.4 is 5.73 Å². The first-order valence-electron chi connectivity index (χ1n) is 5.40. The fraction of sp³-hybridized carbons (Fsp3) is 0.417. The molecule has 0 saturated heterocycles. The Labute approximate surface area is 102 Å². The Kier molecular flexibility index (Phi) is 4.06. The predicted molar refractivity (Wildman–Crippen MR) is 66.7 cm³/mol. The fourth-order valence-corrected chi connectivity index (χ4v) is 2.40. The summed E-state index contributed by atoms with van der Waals surface area (Å²) >= 11 is 0. The lowest BCUT2D eigenvalue weighted by atomic mass is 10.1. The molecule has 0 heterocycles. The van der Waals surface area contributed by atoms with Crippen molar-refractivity contribution in [3.8, 4) is 0 Å². The topological polar surface area (TPSA) is 77.2 Å². The van der Waals surface area contributed by atoms with Gasteiger partial charge in [0.25, 0.3) is 0 Å². The molecule has 1 atom stereocenters. The number of benzene rings is 1. The standard InChI is InChI=1S/C12H17NO3S/c1-8(2)17(15,16)11-6-4-10(5-7-11)12(14)9(3)13/h4-9H,13H2,1-3H3. The number of carbonyl (C=O) groups excluding carboxylic acids is 1. The van der Waals surface area contributed by atoms with Crippen molar-refractivity contribution in [2.45, 2.75) is 37.0 Å². The number of carbonyl (C=O) groups is 1. The highest BCUT2D eigenvalue weighted by molar-refractivity contribution is 7.92. The smallest absolute Gasteiger partial charge is 0.180 e. The van der Waals surface area contributed by atoms with Gasteiger partial charge in [-0.05, 0) is 32.9 Å². The molecule has 0 spiro atoms. The monoisotopic (exact) mass is 255 g/mol. The van der Waals surface area contributed by atoms with E-state index in [-0.39, 0.29) is 10.7 Å². The van der Waals surface area contributed by atoms with Crippen LogP contribution in [0.4, 0.5) is 0 Å². The van der Waals surface area contributed by atoms with Crippen molar-refractivity contribution in [1.82, 2.24) is 0 Å². The van der Waals surface area contributed by atoms with Crippen molar-refractivity contribution in [2.24, 2.45) is 5.73 Å². The number of rotatable bonds is 4. The summed E-state index contributed by atoms with van der Waals surface area (Å²) in [4.78, 5) is 11.8. The van der Waals surface area contributed by atoms with Gasteiger partial charge in [0.1, 0.15) is 0 Å². The number of hydrogen-bond acceptors (Lipinski definition) is 4. The van der Waals surface area contributed by atoms with E-state index in [1.807, 2.05) is 0 Å². The van der Waals surface area contributed by atoms with Crippen molar-refractivity contribution in [3.63, 3.8) is 0 Å². The SMILES string of the molecule is CC(N)C(=O)c1ccc(S(=O)(=O)C(C)C)cc1. The molecule has 5 heteroatoms. The number of Topliss-reactive ketones (excluding diaryl/α,β-unsaturated/α-hetero) is 1. The molecule has 1 aromatic rings. The molecular weight excluding hydrogens is 238 g/mol. The molecule has 4 nitrogen and oxygen atoms in total. The molecule has 0 aliphatic heterocycles. The Morgan fingerprint density at radius 1 is 1.12 bits per heavy atom. The van der Waals surface area contributed by atoms with Gasteiger partial charge in [-0.2, -0.15) is 0 Å². The van der Waals surface area contributed by atoms with E-state index in [1.54, 1.807) is 20.8 Å². The average molecular weight is 255 g/mol. The zero-order chi connectivity index (χ0) is 13.2. The van der Waals surface area contributed by atoms with Gasteiger partial charge in [0.2, 0.25) is 0 Å². The zero-order valence-electron chi connectivity index (χ0n) is 10.2. The molecule has 0 aliphatic rings. The molecule has 2 N–H and O–H groups in total. The van der Waals surface area contributed by atoms with Gasteiger partial charge in [0.15, 0.2) is 15.6 Å². The fourth-order valence-electron chi connectivity index (χ4n) is 1.34. The third kappa shape index (κ3) is 2.92. The minimum atomic E-state index is -3.28. The van der Waals surface area contributed by atoms with E-state index in [9.17, 15) is 13.2 Å². The average Bonchev–Trinajstić information content (AvgIpc) is 2.27. The predicted octanol–water partition coefficient (Wildman–Crippen LogP) is 1.40. The van der Waals surface area contributed by atoms with E-state index in [4.69, 9.17) is 5.73 Å². The van der Waals surface area contributed by atoms with Crippen LogP contribution in [0.3, 0.4) is 0 Å². The molecule has 0 aromatic heterocycles. The second-order valence-electron chi connectivity index (χ2n) is 4.27. The Morgan fingerprint density at radius 3 is 1.94 bits per heavy atom. The molecule has 0 amide bonds. The van der Waals surface area contributed by atoms with Crippen LogP contribution in [0.15, 0.2) is 29.2 Å². The molecule has 0 saturated carbocycles. The molecule has 0 radical (unpaired) electrons. The van der Waals surface area contributed by atoms with Gasteiger partial charge < -0.3 is 5.73 Å². The summed E-state index contributed by atoms with van der Waals surface area (Å²) < 4.78 is 23.7. The first kappa shape index (κ1) is 13.9. The summed E-state index contributed by atoms with van der Waals surface area (Å²) in [5.41, 5.74) is 5.91. The van der Waals surface area contributed by atoms with E-state index in [1.165, 1.54) is 24.3 Å². The van der Waals surface area contributed by atoms with Crippen LogP contribution in [0, 0.1) is 0 Å². The van der Waals surface area contributed by atoms with Crippen LogP contribution >= 0.6 is 0 Å². The highest BCUT2D eigenvalue weighted by Crippen LogP contribution is 2.16. The molecule has 0 aliphatic carbocycles. The Hall–Kier alpha value is -1.20. The van der Waals surface area contributed by atoms with Crippen LogP contribution in [0.2, 0.25) is 0 Å². The lowest BCUT2D eigenvalue weighted by Crippen LogP contribution is -2.26. The summed E-state index contributed by atoms with van der Waals surface area (Å²) in [5, 5.41) is -0.475. The second-order valence-corrected chi connectivity index (χ2v) is 6.78. The van der Waals surface area contributed by atoms with E-state index in [0.717, 1.165) is 0 Å². The molecule has 17 heavy (non-hydrogen) atoms. The molecule has 0 fully saturated rings. The van der Waals surface area contributed by atoms with Crippen molar-refractivity contribution < 1.29 is 13.2 Å². The number of hydrogen-bond donors (Lipinski definition) is 1. The highest BCUT2D eigenvalue weighted by Gasteiger charge is 2.19. The summed E-state index contributed by atoms with van der Waals surface area (Å²) in [7, 11) is -3.28. The van der Waals surface area contributed by atoms with Crippen LogP contribution in [-0.2, 0) is 9.84 Å². The lowest BCUT2D eigenvalue weighted by Gasteiger charge is -2.09. The van der Waals surface area contributed by atoms with E-state index in [2.05, 4.69) is 0 Å². The normalized spacial score (nSPS) is 13.7. The highest BCUT2D eigenvalue weighted by atomic mass is 32.2. The van der Waals surface area contributed by atoms with Crippen LogP contribution in [-0.4, -0.2) is 25.5 Å². The first-order valence-corrected chi connectivity index (χ1v) is 6.95. The maximum atomic E-state index is 11.8. The maximum Gasteiger partial charge on any atom is 0.180 e.